The molecule has 94 valence electrons. The minimum Gasteiger partial charge on any atom is -0.465 e. The monoisotopic (exact) mass is 255 g/mol. The Morgan fingerprint density at radius 3 is 2.88 bits per heavy atom. The summed E-state index contributed by atoms with van der Waals surface area (Å²) in [7, 11) is 0. The van der Waals surface area contributed by atoms with E-state index in [-0.39, 0.29) is 11.2 Å². The van der Waals surface area contributed by atoms with Crippen molar-refractivity contribution in [2.24, 2.45) is 0 Å². The summed E-state index contributed by atoms with van der Waals surface area (Å²) >= 11 is 1.25. The molecule has 1 heterocycles. The maximum atomic E-state index is 11.5. The van der Waals surface area contributed by atoms with Gasteiger partial charge in [-0.25, -0.2) is 9.97 Å². The van der Waals surface area contributed by atoms with Crippen LogP contribution in [0.25, 0.3) is 0 Å². The van der Waals surface area contributed by atoms with E-state index >= 15 is 0 Å². The van der Waals surface area contributed by atoms with Crippen LogP contribution in [0.15, 0.2) is 11.2 Å². The van der Waals surface area contributed by atoms with Crippen LogP contribution in [0.1, 0.15) is 26.0 Å². The van der Waals surface area contributed by atoms with Gasteiger partial charge in [0.15, 0.2) is 5.16 Å². The number of thioether (sulfide) groups is 1. The molecule has 0 saturated heterocycles. The van der Waals surface area contributed by atoms with Gasteiger partial charge in [0.2, 0.25) is 0 Å². The maximum Gasteiger partial charge on any atom is 0.319 e. The molecular weight excluding hydrogens is 238 g/mol. The molecule has 0 aromatic carbocycles. The summed E-state index contributed by atoms with van der Waals surface area (Å²) in [5, 5.41) is 0.172. The summed E-state index contributed by atoms with van der Waals surface area (Å²) in [4.78, 5) is 19.8. The Kier molecular flexibility index (Phi) is 5.21. The fourth-order valence-corrected chi connectivity index (χ4v) is 1.98. The molecule has 1 atom stereocenters. The normalized spacial score (nSPS) is 12.2. The second kappa shape index (κ2) is 6.44. The van der Waals surface area contributed by atoms with Crippen molar-refractivity contribution in [1.29, 1.82) is 0 Å². The van der Waals surface area contributed by atoms with E-state index in [9.17, 15) is 4.79 Å². The zero-order valence-corrected chi connectivity index (χ0v) is 11.1. The maximum absolute atomic E-state index is 11.5. The number of nitrogens with zero attached hydrogens (tertiary/aromatic N) is 2. The lowest BCUT2D eigenvalue weighted by atomic mass is 10.4. The first kappa shape index (κ1) is 13.8. The Morgan fingerprint density at radius 1 is 1.59 bits per heavy atom. The minimum absolute atomic E-state index is 0.250. The molecular formula is C11H17N3O2S. The standard InChI is InChI=1S/C11H17N3O2S/c1-4-5-16-10(15)8(3)17-11-13-7(2)6-9(12)14-11/h6,8H,4-5H2,1-3H3,(H2,12,13,14)/t8-/m0/s1. The first-order chi connectivity index (χ1) is 8.02. The van der Waals surface area contributed by atoms with Crippen molar-refractivity contribution >= 4 is 23.5 Å². The number of aryl methyl sites for hydroxylation is 1. The third-order valence-electron chi connectivity index (χ3n) is 1.92. The molecule has 0 saturated carbocycles. The summed E-state index contributed by atoms with van der Waals surface area (Å²) in [6.45, 7) is 6.00. The van der Waals surface area contributed by atoms with E-state index in [1.165, 1.54) is 11.8 Å². The fraction of sp³-hybridized carbons (Fsp3) is 0.545. The number of nitrogens with two attached hydrogens (primary N) is 1. The van der Waals surface area contributed by atoms with Gasteiger partial charge in [0.1, 0.15) is 11.1 Å². The van der Waals surface area contributed by atoms with E-state index in [1.54, 1.807) is 13.0 Å². The molecule has 0 aliphatic carbocycles. The second-order valence-corrected chi connectivity index (χ2v) is 4.95. The Morgan fingerprint density at radius 2 is 2.29 bits per heavy atom. The molecule has 0 amide bonds. The van der Waals surface area contributed by atoms with Crippen LogP contribution in [-0.2, 0) is 9.53 Å². The summed E-state index contributed by atoms with van der Waals surface area (Å²) in [6, 6.07) is 1.68. The molecule has 2 N–H and O–H groups in total. The van der Waals surface area contributed by atoms with Crippen LogP contribution in [0.5, 0.6) is 0 Å². The van der Waals surface area contributed by atoms with Crippen LogP contribution >= 0.6 is 11.8 Å². The summed E-state index contributed by atoms with van der Waals surface area (Å²) < 4.78 is 5.04. The quantitative estimate of drug-likeness (QED) is 0.491. The highest BCUT2D eigenvalue weighted by Crippen LogP contribution is 2.21. The zero-order chi connectivity index (χ0) is 12.8. The number of carbonyl (C=O) groups is 1. The molecule has 1 aromatic heterocycles. The molecule has 1 rings (SSSR count). The summed E-state index contributed by atoms with van der Waals surface area (Å²) in [5.74, 6) is 0.162. The van der Waals surface area contributed by atoms with Gasteiger partial charge in [-0.05, 0) is 20.3 Å². The Bertz CT molecular complexity index is 378. The van der Waals surface area contributed by atoms with Crippen molar-refractivity contribution in [2.45, 2.75) is 37.6 Å². The number of hydrogen-bond donors (Lipinski definition) is 1. The number of carbonyl (C=O) groups excluding carboxylic acids is 1. The van der Waals surface area contributed by atoms with Crippen LogP contribution in [0.3, 0.4) is 0 Å². The highest BCUT2D eigenvalue weighted by atomic mass is 32.2. The van der Waals surface area contributed by atoms with Gasteiger partial charge in [-0.3, -0.25) is 4.79 Å². The minimum atomic E-state index is -0.331. The van der Waals surface area contributed by atoms with E-state index in [1.807, 2.05) is 13.8 Å². The molecule has 5 nitrogen and oxygen atoms in total. The van der Waals surface area contributed by atoms with E-state index in [2.05, 4.69) is 9.97 Å². The van der Waals surface area contributed by atoms with Crippen LogP contribution in [0.4, 0.5) is 5.82 Å². The molecule has 0 unspecified atom stereocenters. The van der Waals surface area contributed by atoms with Gasteiger partial charge in [0.05, 0.1) is 6.61 Å². The Balaban J connectivity index is 2.60. The lowest BCUT2D eigenvalue weighted by Crippen LogP contribution is -2.17. The zero-order valence-electron chi connectivity index (χ0n) is 10.3. The average molecular weight is 255 g/mol. The molecule has 0 radical (unpaired) electrons. The van der Waals surface area contributed by atoms with Crippen molar-refractivity contribution in [3.63, 3.8) is 0 Å². The highest BCUT2D eigenvalue weighted by molar-refractivity contribution is 8.00. The molecule has 0 aliphatic heterocycles. The van der Waals surface area contributed by atoms with Crippen molar-refractivity contribution < 1.29 is 9.53 Å². The van der Waals surface area contributed by atoms with E-state index in [0.717, 1.165) is 12.1 Å². The van der Waals surface area contributed by atoms with Crippen LogP contribution in [-0.4, -0.2) is 27.8 Å². The molecule has 0 bridgehead atoms. The van der Waals surface area contributed by atoms with E-state index in [4.69, 9.17) is 10.5 Å². The topological polar surface area (TPSA) is 78.1 Å². The molecule has 0 fully saturated rings. The lowest BCUT2D eigenvalue weighted by molar-refractivity contribution is -0.142. The van der Waals surface area contributed by atoms with E-state index < -0.39 is 0 Å². The third-order valence-corrected chi connectivity index (χ3v) is 2.86. The van der Waals surface area contributed by atoms with Crippen molar-refractivity contribution in [2.75, 3.05) is 12.3 Å². The molecule has 0 aliphatic rings. The first-order valence-electron chi connectivity index (χ1n) is 5.47. The van der Waals surface area contributed by atoms with Gasteiger partial charge in [0.25, 0.3) is 0 Å². The van der Waals surface area contributed by atoms with Crippen LogP contribution in [0, 0.1) is 6.92 Å². The van der Waals surface area contributed by atoms with Crippen LogP contribution < -0.4 is 5.73 Å². The second-order valence-electron chi connectivity index (χ2n) is 3.64. The van der Waals surface area contributed by atoms with Gasteiger partial charge in [0, 0.05) is 11.8 Å². The first-order valence-corrected chi connectivity index (χ1v) is 6.35. The Hall–Kier alpha value is -1.30. The lowest BCUT2D eigenvalue weighted by Gasteiger charge is -2.10. The average Bonchev–Trinajstić information content (AvgIpc) is 2.24. The summed E-state index contributed by atoms with van der Waals surface area (Å²) in [6.07, 6.45) is 0.816. The molecule has 1 aromatic rings. The highest BCUT2D eigenvalue weighted by Gasteiger charge is 2.17. The number of esters is 1. The number of ether oxygens (including phenoxy) is 1. The Labute approximate surface area is 105 Å². The van der Waals surface area contributed by atoms with Gasteiger partial charge in [-0.1, -0.05) is 18.7 Å². The van der Waals surface area contributed by atoms with Gasteiger partial charge < -0.3 is 10.5 Å². The number of hydrogen-bond acceptors (Lipinski definition) is 6. The molecule has 0 spiro atoms. The number of aromatic nitrogens is 2. The molecule has 6 heteroatoms. The van der Waals surface area contributed by atoms with Crippen molar-refractivity contribution in [1.82, 2.24) is 9.97 Å². The third kappa shape index (κ3) is 4.60. The van der Waals surface area contributed by atoms with Crippen molar-refractivity contribution in [3.8, 4) is 0 Å². The van der Waals surface area contributed by atoms with E-state index in [0.29, 0.717) is 17.6 Å². The SMILES string of the molecule is CCCOC(=O)[C@H](C)Sc1nc(C)cc(N)n1. The summed E-state index contributed by atoms with van der Waals surface area (Å²) in [5.41, 5.74) is 6.40. The van der Waals surface area contributed by atoms with Crippen LogP contribution in [0.2, 0.25) is 0 Å². The fourth-order valence-electron chi connectivity index (χ4n) is 1.14. The van der Waals surface area contributed by atoms with Gasteiger partial charge in [-0.2, -0.15) is 0 Å². The predicted molar refractivity (Wildman–Crippen MR) is 67.8 cm³/mol. The largest absolute Gasteiger partial charge is 0.465 e. The van der Waals surface area contributed by atoms with Gasteiger partial charge >= 0.3 is 5.97 Å². The van der Waals surface area contributed by atoms with Gasteiger partial charge in [-0.15, -0.1) is 0 Å². The number of nitrogen functional groups attached to an aromatic ring is 1. The number of rotatable bonds is 5. The number of anilines is 1. The van der Waals surface area contributed by atoms with Crippen molar-refractivity contribution in [3.05, 3.63) is 11.8 Å². The predicted octanol–water partition coefficient (Wildman–Crippen LogP) is 1.80. The smallest absolute Gasteiger partial charge is 0.319 e. The molecule has 17 heavy (non-hydrogen) atoms.